The van der Waals surface area contributed by atoms with E-state index in [0.29, 0.717) is 47.2 Å². The van der Waals surface area contributed by atoms with E-state index in [2.05, 4.69) is 20.3 Å². The number of aromatic nitrogens is 5. The number of carbonyl (C=O) groups excluding carboxylic acids is 2. The maximum absolute atomic E-state index is 15.5. The van der Waals surface area contributed by atoms with Gasteiger partial charge in [-0.05, 0) is 73.2 Å². The Bertz CT molecular complexity index is 2770. The molecule has 3 aromatic heterocycles. The molecule has 304 valence electrons. The number of nitrogens with one attached hydrogen (secondary N) is 2. The summed E-state index contributed by atoms with van der Waals surface area (Å²) >= 11 is 0. The topological polar surface area (TPSA) is 204 Å². The second-order valence-electron chi connectivity index (χ2n) is 14.0. The zero-order valence-corrected chi connectivity index (χ0v) is 32.3. The summed E-state index contributed by atoms with van der Waals surface area (Å²) in [4.78, 5) is 65.2. The van der Waals surface area contributed by atoms with E-state index in [1.54, 1.807) is 12.1 Å². The Hall–Kier alpha value is -6.66. The number of anilines is 1. The number of ether oxygens (including phenoxy) is 1. The van der Waals surface area contributed by atoms with Gasteiger partial charge in [-0.1, -0.05) is 30.7 Å². The largest absolute Gasteiger partial charge is 0.461 e. The number of nitrogens with zero attached hydrogens (tertiary/aromatic N) is 5. The Morgan fingerprint density at radius 2 is 1.61 bits per heavy atom. The number of aryl methyl sites for hydroxylation is 1. The lowest BCUT2D eigenvalue weighted by Crippen LogP contribution is -2.45. The highest BCUT2D eigenvalue weighted by molar-refractivity contribution is 7.92. The van der Waals surface area contributed by atoms with Crippen LogP contribution in [-0.2, 0) is 39.6 Å². The molecule has 3 heterocycles. The Balaban J connectivity index is 1.09. The fourth-order valence-electron chi connectivity index (χ4n) is 6.81. The number of esters is 1. The molecule has 1 atom stereocenters. The van der Waals surface area contributed by atoms with E-state index in [-0.39, 0.29) is 34.8 Å². The van der Waals surface area contributed by atoms with Gasteiger partial charge in [0.05, 0.1) is 38.9 Å². The predicted octanol–water partition coefficient (Wildman–Crippen LogP) is 4.33. The molecular formula is C41H37F2N7O8S. The average molecular weight is 826 g/mol. The minimum absolute atomic E-state index is 0.157. The molecule has 6 aromatic rings. The summed E-state index contributed by atoms with van der Waals surface area (Å²) < 4.78 is 67.3. The van der Waals surface area contributed by atoms with E-state index in [0.717, 1.165) is 23.8 Å². The Morgan fingerprint density at radius 3 is 2.29 bits per heavy atom. The van der Waals surface area contributed by atoms with Crippen molar-refractivity contribution in [2.75, 3.05) is 4.72 Å². The standard InChI is InChI=1S/C41H37F2N7O8S/c1-49-36-22-44-16-15-30(36)39(53)50(41(49)55)27-11-7-24(8-12-27)17-35(40(54)58-28-5-3-2-4-6-28)47-38(52)31-18-33(43)34(19-32(31)42)48-59(56,57)29-13-9-25(10-14-29)26-20-45-37(23-51)46-21-26/h7-16,18-22,28,35,48,51H,2-6,17,23H2,1H3,(H,47,52)/t35-/m0/s1. The molecule has 1 saturated carbocycles. The Morgan fingerprint density at radius 1 is 0.915 bits per heavy atom. The zero-order chi connectivity index (χ0) is 41.8. The maximum Gasteiger partial charge on any atom is 0.335 e. The van der Waals surface area contributed by atoms with Gasteiger partial charge in [-0.25, -0.2) is 41.3 Å². The summed E-state index contributed by atoms with van der Waals surface area (Å²) in [5.41, 5.74) is -0.532. The molecule has 1 aliphatic rings. The molecule has 0 bridgehead atoms. The number of hydrogen-bond acceptors (Lipinski definition) is 11. The summed E-state index contributed by atoms with van der Waals surface area (Å²) in [5.74, 6) is -4.29. The molecule has 1 aliphatic carbocycles. The molecular weight excluding hydrogens is 789 g/mol. The van der Waals surface area contributed by atoms with Crippen LogP contribution in [-0.4, -0.2) is 61.6 Å². The van der Waals surface area contributed by atoms with Crippen LogP contribution in [0.5, 0.6) is 0 Å². The summed E-state index contributed by atoms with van der Waals surface area (Å²) in [5, 5.41) is 11.9. The first-order chi connectivity index (χ1) is 28.3. The minimum atomic E-state index is -4.43. The molecule has 15 nitrogen and oxygen atoms in total. The summed E-state index contributed by atoms with van der Waals surface area (Å²) in [6, 6.07) is 12.7. The van der Waals surface area contributed by atoms with Crippen LogP contribution in [0.2, 0.25) is 0 Å². The first-order valence-corrected chi connectivity index (χ1v) is 20.0. The quantitative estimate of drug-likeness (QED) is 0.148. The van der Waals surface area contributed by atoms with Crippen LogP contribution in [0.1, 0.15) is 53.8 Å². The molecule has 0 radical (unpaired) electrons. The van der Waals surface area contributed by atoms with Crippen molar-refractivity contribution in [3.8, 4) is 16.8 Å². The lowest BCUT2D eigenvalue weighted by molar-refractivity contribution is -0.152. The first-order valence-electron chi connectivity index (χ1n) is 18.5. The number of hydrogen-bond donors (Lipinski definition) is 3. The average Bonchev–Trinajstić information content (AvgIpc) is 3.24. The fraction of sp³-hybridized carbons (Fsp3) is 0.244. The van der Waals surface area contributed by atoms with E-state index in [9.17, 15) is 27.6 Å². The van der Waals surface area contributed by atoms with Gasteiger partial charge in [-0.15, -0.1) is 0 Å². The molecule has 0 saturated heterocycles. The Kier molecular flexibility index (Phi) is 11.7. The summed E-state index contributed by atoms with van der Waals surface area (Å²) in [6.45, 7) is -0.346. The number of fused-ring (bicyclic) bond motifs is 1. The van der Waals surface area contributed by atoms with Crippen molar-refractivity contribution in [2.45, 2.75) is 62.2 Å². The van der Waals surface area contributed by atoms with Crippen molar-refractivity contribution in [1.29, 1.82) is 0 Å². The second kappa shape index (κ2) is 17.1. The van der Waals surface area contributed by atoms with Crippen LogP contribution in [0.25, 0.3) is 27.7 Å². The molecule has 0 unspecified atom stereocenters. The molecule has 1 fully saturated rings. The third kappa shape index (κ3) is 8.78. The molecule has 1 amide bonds. The number of halogens is 2. The maximum atomic E-state index is 15.5. The third-order valence-corrected chi connectivity index (χ3v) is 11.4. The molecule has 18 heteroatoms. The first kappa shape index (κ1) is 40.5. The zero-order valence-electron chi connectivity index (χ0n) is 31.5. The number of aliphatic hydroxyl groups is 1. The smallest absolute Gasteiger partial charge is 0.335 e. The van der Waals surface area contributed by atoms with Crippen LogP contribution in [0.15, 0.2) is 106 Å². The van der Waals surface area contributed by atoms with Gasteiger partial charge in [-0.3, -0.25) is 23.9 Å². The van der Waals surface area contributed by atoms with Crippen LogP contribution < -0.4 is 21.3 Å². The van der Waals surface area contributed by atoms with Gasteiger partial charge < -0.3 is 15.2 Å². The minimum Gasteiger partial charge on any atom is -0.461 e. The predicted molar refractivity (Wildman–Crippen MR) is 211 cm³/mol. The van der Waals surface area contributed by atoms with Gasteiger partial charge in [0.15, 0.2) is 5.82 Å². The van der Waals surface area contributed by atoms with Crippen LogP contribution in [0, 0.1) is 11.6 Å². The van der Waals surface area contributed by atoms with E-state index in [1.807, 2.05) is 4.72 Å². The van der Waals surface area contributed by atoms with E-state index < -0.39 is 68.2 Å². The van der Waals surface area contributed by atoms with Gasteiger partial charge >= 0.3 is 11.7 Å². The van der Waals surface area contributed by atoms with Gasteiger partial charge in [-0.2, -0.15) is 0 Å². The van der Waals surface area contributed by atoms with Gasteiger partial charge in [0.1, 0.15) is 30.4 Å². The van der Waals surface area contributed by atoms with Crippen LogP contribution >= 0.6 is 0 Å². The van der Waals surface area contributed by atoms with Crippen molar-refractivity contribution in [3.05, 3.63) is 141 Å². The van der Waals surface area contributed by atoms with Crippen molar-refractivity contribution in [2.24, 2.45) is 7.05 Å². The van der Waals surface area contributed by atoms with Gasteiger partial charge in [0.2, 0.25) is 0 Å². The monoisotopic (exact) mass is 825 g/mol. The van der Waals surface area contributed by atoms with Crippen molar-refractivity contribution in [1.82, 2.24) is 29.4 Å². The van der Waals surface area contributed by atoms with E-state index in [1.165, 1.54) is 78.9 Å². The highest BCUT2D eigenvalue weighted by Crippen LogP contribution is 2.26. The number of aliphatic hydroxyl groups excluding tert-OH is 1. The van der Waals surface area contributed by atoms with E-state index >= 15 is 8.78 Å². The molecule has 3 N–H and O–H groups in total. The van der Waals surface area contributed by atoms with Gasteiger partial charge in [0, 0.05) is 43.7 Å². The van der Waals surface area contributed by atoms with Crippen molar-refractivity contribution in [3.63, 3.8) is 0 Å². The molecule has 0 spiro atoms. The van der Waals surface area contributed by atoms with Crippen molar-refractivity contribution < 1.29 is 36.6 Å². The number of rotatable bonds is 12. The number of carbonyl (C=O) groups is 2. The SMILES string of the molecule is Cn1c(=O)n(-c2ccc(C[C@H](NC(=O)c3cc(F)c(NS(=O)(=O)c4ccc(-c5cnc(CO)nc5)cc4)cc3F)C(=O)OC3CCCCC3)cc2)c(=O)c2ccncc21. The second-order valence-corrected chi connectivity index (χ2v) is 15.6. The molecule has 3 aromatic carbocycles. The summed E-state index contributed by atoms with van der Waals surface area (Å²) in [7, 11) is -2.92. The normalized spacial score (nSPS) is 13.8. The van der Waals surface area contributed by atoms with Gasteiger partial charge in [0.25, 0.3) is 21.5 Å². The number of sulfonamides is 1. The summed E-state index contributed by atoms with van der Waals surface area (Å²) in [6.07, 6.45) is 9.16. The lowest BCUT2D eigenvalue weighted by atomic mass is 9.97. The number of pyridine rings is 1. The highest BCUT2D eigenvalue weighted by Gasteiger charge is 2.29. The van der Waals surface area contributed by atoms with E-state index in [4.69, 9.17) is 9.84 Å². The third-order valence-electron chi connectivity index (χ3n) is 10.0. The van der Waals surface area contributed by atoms with Crippen LogP contribution in [0.4, 0.5) is 14.5 Å². The molecule has 0 aliphatic heterocycles. The number of benzene rings is 3. The molecule has 7 rings (SSSR count). The number of amides is 1. The molecule has 59 heavy (non-hydrogen) atoms. The highest BCUT2D eigenvalue weighted by atomic mass is 32.2. The van der Waals surface area contributed by atoms with Crippen molar-refractivity contribution >= 4 is 38.5 Å². The lowest BCUT2D eigenvalue weighted by Gasteiger charge is -2.25. The fourth-order valence-corrected chi connectivity index (χ4v) is 7.87. The van der Waals surface area contributed by atoms with Crippen LogP contribution in [0.3, 0.4) is 0 Å². The Labute approximate surface area is 335 Å².